The van der Waals surface area contributed by atoms with E-state index in [1.165, 1.54) is 16.0 Å². The summed E-state index contributed by atoms with van der Waals surface area (Å²) in [6.45, 7) is 25.6. The summed E-state index contributed by atoms with van der Waals surface area (Å²) in [5, 5.41) is 0.195. The van der Waals surface area contributed by atoms with Crippen LogP contribution < -0.4 is 5.46 Å². The number of ether oxygens (including phenoxy) is 2. The zero-order chi connectivity index (χ0) is 35.3. The highest BCUT2D eigenvalue weighted by Crippen LogP contribution is 2.52. The normalized spacial score (nSPS) is 26.0. The van der Waals surface area contributed by atoms with Crippen molar-refractivity contribution in [2.24, 2.45) is 10.9 Å². The fourth-order valence-electron chi connectivity index (χ4n) is 5.18. The van der Waals surface area contributed by atoms with Crippen LogP contribution in [0.4, 0.5) is 9.18 Å². The molecule has 3 heterocycles. The largest absolute Gasteiger partial charge is 0.496 e. The van der Waals surface area contributed by atoms with Gasteiger partial charge in [-0.3, -0.25) is 9.79 Å². The molecule has 1 aromatic heterocycles. The minimum Gasteiger partial charge on any atom is -0.443 e. The van der Waals surface area contributed by atoms with Crippen molar-refractivity contribution in [3.05, 3.63) is 23.8 Å². The summed E-state index contributed by atoms with van der Waals surface area (Å²) in [6.07, 6.45) is 0.730. The maximum Gasteiger partial charge on any atom is 0.496 e. The summed E-state index contributed by atoms with van der Waals surface area (Å²) in [5.41, 5.74) is -2.70. The van der Waals surface area contributed by atoms with Gasteiger partial charge in [-0.15, -0.1) is 0 Å². The first-order valence-corrected chi connectivity index (χ1v) is 20.4. The van der Waals surface area contributed by atoms with E-state index in [0.29, 0.717) is 12.1 Å². The lowest BCUT2D eigenvalue weighted by Crippen LogP contribution is -2.57. The average molecular weight is 681 g/mol. The summed E-state index contributed by atoms with van der Waals surface area (Å²) in [6, 6.07) is 2.55. The van der Waals surface area contributed by atoms with Crippen molar-refractivity contribution < 1.29 is 32.8 Å². The van der Waals surface area contributed by atoms with Gasteiger partial charge in [0.15, 0.2) is 5.17 Å². The van der Waals surface area contributed by atoms with E-state index in [-0.39, 0.29) is 23.4 Å². The number of carbonyl (C=O) groups excluding carboxylic acids is 2. The molecule has 0 saturated carbocycles. The van der Waals surface area contributed by atoms with Gasteiger partial charge in [0, 0.05) is 51.9 Å². The third kappa shape index (κ3) is 8.16. The van der Waals surface area contributed by atoms with Gasteiger partial charge in [0.1, 0.15) is 17.1 Å². The minimum atomic E-state index is -1.42. The van der Waals surface area contributed by atoms with Gasteiger partial charge in [0.2, 0.25) is 11.9 Å². The van der Waals surface area contributed by atoms with Crippen molar-refractivity contribution in [3.8, 4) is 0 Å². The van der Waals surface area contributed by atoms with Crippen LogP contribution in [0.1, 0.15) is 74.8 Å². The van der Waals surface area contributed by atoms with Gasteiger partial charge in [-0.05, 0) is 68.4 Å². The maximum absolute atomic E-state index is 16.0. The van der Waals surface area contributed by atoms with Crippen molar-refractivity contribution in [2.75, 3.05) is 27.4 Å². The molecule has 2 aliphatic heterocycles. The molecular weight excluding hydrogens is 626 g/mol. The third-order valence-electron chi connectivity index (χ3n) is 9.12. The molecule has 0 spiro atoms. The quantitative estimate of drug-likeness (QED) is 0.146. The Morgan fingerprint density at radius 3 is 2.15 bits per heavy atom. The Kier molecular flexibility index (Phi) is 11.0. The Morgan fingerprint density at radius 2 is 1.65 bits per heavy atom. The number of rotatable bonds is 8. The van der Waals surface area contributed by atoms with Crippen molar-refractivity contribution in [1.82, 2.24) is 14.8 Å². The minimum absolute atomic E-state index is 0.142. The Morgan fingerprint density at radius 1 is 1.09 bits per heavy atom. The van der Waals surface area contributed by atoms with Gasteiger partial charge >= 0.3 is 13.2 Å². The van der Waals surface area contributed by atoms with Gasteiger partial charge in [-0.1, -0.05) is 44.4 Å². The van der Waals surface area contributed by atoms with Gasteiger partial charge in [0.25, 0.3) is 0 Å². The van der Waals surface area contributed by atoms with Crippen LogP contribution in [0.2, 0.25) is 25.7 Å². The zero-order valence-corrected chi connectivity index (χ0v) is 32.3. The Labute approximate surface area is 280 Å². The van der Waals surface area contributed by atoms with Gasteiger partial charge < -0.3 is 23.7 Å². The summed E-state index contributed by atoms with van der Waals surface area (Å²) < 4.78 is 39.1. The summed E-state index contributed by atoms with van der Waals surface area (Å²) in [7, 11) is 1.15. The van der Waals surface area contributed by atoms with E-state index in [1.54, 1.807) is 54.8 Å². The van der Waals surface area contributed by atoms with Gasteiger partial charge in [-0.2, -0.15) is 4.39 Å². The molecule has 1 saturated heterocycles. The van der Waals surface area contributed by atoms with E-state index in [4.69, 9.17) is 23.8 Å². The van der Waals surface area contributed by atoms with Gasteiger partial charge in [0.05, 0.1) is 16.7 Å². The predicted molar refractivity (Wildman–Crippen MR) is 186 cm³/mol. The first kappa shape index (κ1) is 38.4. The second kappa shape index (κ2) is 13.1. The summed E-state index contributed by atoms with van der Waals surface area (Å²) in [4.78, 5) is 39.7. The lowest BCUT2D eigenvalue weighted by Gasteiger charge is -2.48. The number of hydrogen-bond donors (Lipinski definition) is 0. The van der Waals surface area contributed by atoms with Crippen LogP contribution in [0.3, 0.4) is 0 Å². The lowest BCUT2D eigenvalue weighted by molar-refractivity contribution is -0.132. The molecule has 0 aromatic carbocycles. The van der Waals surface area contributed by atoms with E-state index in [9.17, 15) is 9.59 Å². The second-order valence-corrected chi connectivity index (χ2v) is 23.2. The van der Waals surface area contributed by atoms with Crippen molar-refractivity contribution in [1.29, 1.82) is 0 Å². The van der Waals surface area contributed by atoms with Crippen LogP contribution in [-0.4, -0.2) is 96.1 Å². The third-order valence-corrected chi connectivity index (χ3v) is 12.3. The topological polar surface area (TPSA) is 103 Å². The van der Waals surface area contributed by atoms with Crippen LogP contribution in [-0.2, 0) is 29.1 Å². The zero-order valence-electron chi connectivity index (χ0n) is 30.5. The van der Waals surface area contributed by atoms with Crippen molar-refractivity contribution >= 4 is 49.6 Å². The van der Waals surface area contributed by atoms with E-state index in [2.05, 4.69) is 24.6 Å². The van der Waals surface area contributed by atoms with Crippen molar-refractivity contribution in [2.45, 2.75) is 122 Å². The number of nitrogens with zero attached hydrogens (tertiary/aromatic N) is 4. The summed E-state index contributed by atoms with van der Waals surface area (Å²) in [5.74, 6) is -1.50. The first-order chi connectivity index (χ1) is 20.7. The number of hydrogen-bond acceptors (Lipinski definition) is 9. The molecule has 46 heavy (non-hydrogen) atoms. The first-order valence-electron chi connectivity index (χ1n) is 15.8. The van der Waals surface area contributed by atoms with Crippen LogP contribution >= 0.6 is 11.8 Å². The number of aromatic nitrogens is 1. The predicted octanol–water partition coefficient (Wildman–Crippen LogP) is 5.87. The molecule has 2 amide bonds. The SMILES string of the molecule is CC1[C@@](C)(C(=O)N(C)C)SC(N(COCC[Si](C)(C)C)C(=O)OC(C)(C)C)=N[C@]1(C)c1cc(B2OC(C)(C)C(C)(C)O2)cnc1F. The number of carbonyl (C=O) groups is 2. The Bertz CT molecular complexity index is 1330. The fraction of sp³-hybridized carbons (Fsp3) is 0.750. The van der Waals surface area contributed by atoms with Crippen molar-refractivity contribution in [3.63, 3.8) is 0 Å². The smallest absolute Gasteiger partial charge is 0.443 e. The molecule has 14 heteroatoms. The Balaban J connectivity index is 2.20. The van der Waals surface area contributed by atoms with E-state index >= 15 is 4.39 Å². The molecule has 3 atom stereocenters. The standard InChI is InChI=1S/C32H54BFN4O6SSi/c1-21-31(9,23-18-22(19-35-24(23)34)33-43-29(5,6)30(7,8)44-33)36-26(45-32(21,10)25(39)37(11)12)38(27(40)42-28(2,3)4)20-41-16-17-46(13,14)15/h18-19,21H,16-17,20H2,1-15H3/t21?,31-,32-/m0/s1. The highest BCUT2D eigenvalue weighted by molar-refractivity contribution is 8.15. The van der Waals surface area contributed by atoms with Gasteiger partial charge in [-0.25, -0.2) is 14.7 Å². The number of halogens is 1. The number of amides is 2. The molecule has 0 bridgehead atoms. The molecule has 10 nitrogen and oxygen atoms in total. The van der Waals surface area contributed by atoms with Crippen LogP contribution in [0.5, 0.6) is 0 Å². The molecular formula is C32H54BFN4O6SSi. The Hall–Kier alpha value is -2.00. The second-order valence-electron chi connectivity index (χ2n) is 16.1. The molecule has 3 rings (SSSR count). The number of aliphatic imine (C=N–C) groups is 1. The summed E-state index contributed by atoms with van der Waals surface area (Å²) >= 11 is 1.16. The van der Waals surface area contributed by atoms with E-state index < -0.39 is 60.2 Å². The molecule has 1 fully saturated rings. The highest BCUT2D eigenvalue weighted by Gasteiger charge is 2.57. The molecule has 0 N–H and O–H groups in total. The number of thioether (sulfide) groups is 1. The molecule has 0 aliphatic carbocycles. The molecule has 0 radical (unpaired) electrons. The average Bonchev–Trinajstić information content (AvgIpc) is 3.11. The van der Waals surface area contributed by atoms with E-state index in [1.807, 2.05) is 34.6 Å². The number of amidine groups is 1. The fourth-order valence-corrected chi connectivity index (χ4v) is 7.46. The molecule has 1 aromatic rings. The molecule has 2 aliphatic rings. The van der Waals surface area contributed by atoms with Crippen LogP contribution in [0, 0.1) is 11.9 Å². The number of pyridine rings is 1. The van der Waals surface area contributed by atoms with Crippen LogP contribution in [0.15, 0.2) is 17.3 Å². The highest BCUT2D eigenvalue weighted by atomic mass is 32.2. The lowest BCUT2D eigenvalue weighted by atomic mass is 9.71. The maximum atomic E-state index is 16.0. The molecule has 1 unspecified atom stereocenters. The molecule has 258 valence electrons. The monoisotopic (exact) mass is 680 g/mol. The van der Waals surface area contributed by atoms with E-state index in [0.717, 1.165) is 17.8 Å². The van der Waals surface area contributed by atoms with Crippen LogP contribution in [0.25, 0.3) is 0 Å².